The molecule has 3 aliphatic rings. The molecule has 3 rings (SSSR count). The molecule has 3 saturated carbocycles. The number of aliphatic hydroxyl groups excluding tert-OH is 1. The quantitative estimate of drug-likeness (QED) is 0.701. The highest BCUT2D eigenvalue weighted by Crippen LogP contribution is 2.60. The van der Waals surface area contributed by atoms with Crippen molar-refractivity contribution in [3.63, 3.8) is 0 Å². The molecule has 0 aromatic carbocycles. The van der Waals surface area contributed by atoms with Crippen LogP contribution in [-0.2, 0) is 0 Å². The summed E-state index contributed by atoms with van der Waals surface area (Å²) in [6.07, 6.45) is 8.11. The predicted octanol–water partition coefficient (Wildman–Crippen LogP) is 3.22. The Morgan fingerprint density at radius 3 is 2.73 bits per heavy atom. The standard InChI is InChI=1S/C14H24O/c1-3-14(2)5-4-10-11-6-9(7-13(11)15)12(10)8-14/h9-13,15H,3-8H2,1-2H3. The van der Waals surface area contributed by atoms with Gasteiger partial charge in [0.25, 0.3) is 0 Å². The van der Waals surface area contributed by atoms with E-state index in [0.29, 0.717) is 11.3 Å². The topological polar surface area (TPSA) is 20.2 Å². The molecular formula is C14H24O. The molecule has 0 aliphatic heterocycles. The van der Waals surface area contributed by atoms with Crippen molar-refractivity contribution in [2.75, 3.05) is 0 Å². The molecule has 6 unspecified atom stereocenters. The first-order chi connectivity index (χ1) is 7.13. The van der Waals surface area contributed by atoms with Crippen LogP contribution in [-0.4, -0.2) is 11.2 Å². The second-order valence-electron chi connectivity index (χ2n) is 6.70. The maximum absolute atomic E-state index is 9.95. The minimum absolute atomic E-state index is 0.0576. The Bertz CT molecular complexity index is 262. The van der Waals surface area contributed by atoms with Crippen molar-refractivity contribution in [3.8, 4) is 0 Å². The number of aliphatic hydroxyl groups is 1. The second kappa shape index (κ2) is 3.23. The van der Waals surface area contributed by atoms with Gasteiger partial charge in [-0.15, -0.1) is 0 Å². The lowest BCUT2D eigenvalue weighted by Gasteiger charge is -2.45. The summed E-state index contributed by atoms with van der Waals surface area (Å²) < 4.78 is 0. The summed E-state index contributed by atoms with van der Waals surface area (Å²) in [6.45, 7) is 4.83. The monoisotopic (exact) mass is 208 g/mol. The molecular weight excluding hydrogens is 184 g/mol. The van der Waals surface area contributed by atoms with E-state index < -0.39 is 0 Å². The molecule has 86 valence electrons. The number of fused-ring (bicyclic) bond motifs is 5. The zero-order chi connectivity index (χ0) is 10.6. The third-order valence-electron chi connectivity index (χ3n) is 5.98. The Morgan fingerprint density at radius 2 is 2.00 bits per heavy atom. The average Bonchev–Trinajstić information content (AvgIpc) is 2.75. The number of rotatable bonds is 1. The Labute approximate surface area is 93.3 Å². The molecule has 15 heavy (non-hydrogen) atoms. The average molecular weight is 208 g/mol. The van der Waals surface area contributed by atoms with Gasteiger partial charge in [-0.05, 0) is 61.2 Å². The maximum atomic E-state index is 9.95. The van der Waals surface area contributed by atoms with E-state index in [4.69, 9.17) is 0 Å². The van der Waals surface area contributed by atoms with Crippen LogP contribution in [0.15, 0.2) is 0 Å². The van der Waals surface area contributed by atoms with Crippen LogP contribution in [0, 0.1) is 29.1 Å². The fraction of sp³-hybridized carbons (Fsp3) is 1.00. The Balaban J connectivity index is 1.78. The lowest BCUT2D eigenvalue weighted by atomic mass is 9.61. The third-order valence-corrected chi connectivity index (χ3v) is 5.98. The molecule has 0 aromatic heterocycles. The van der Waals surface area contributed by atoms with E-state index in [1.807, 2.05) is 0 Å². The fourth-order valence-corrected chi connectivity index (χ4v) is 4.82. The van der Waals surface area contributed by atoms with E-state index in [9.17, 15) is 5.11 Å². The van der Waals surface area contributed by atoms with E-state index in [1.165, 1.54) is 32.1 Å². The van der Waals surface area contributed by atoms with Gasteiger partial charge in [-0.25, -0.2) is 0 Å². The van der Waals surface area contributed by atoms with Crippen LogP contribution in [0.3, 0.4) is 0 Å². The smallest absolute Gasteiger partial charge is 0.0574 e. The molecule has 1 N–H and O–H groups in total. The summed E-state index contributed by atoms with van der Waals surface area (Å²) in [6, 6.07) is 0. The van der Waals surface area contributed by atoms with E-state index >= 15 is 0 Å². The summed E-state index contributed by atoms with van der Waals surface area (Å²) in [4.78, 5) is 0. The molecule has 0 heterocycles. The maximum Gasteiger partial charge on any atom is 0.0574 e. The highest BCUT2D eigenvalue weighted by atomic mass is 16.3. The summed E-state index contributed by atoms with van der Waals surface area (Å²) >= 11 is 0. The zero-order valence-electron chi connectivity index (χ0n) is 10.1. The van der Waals surface area contributed by atoms with Crippen molar-refractivity contribution in [1.82, 2.24) is 0 Å². The van der Waals surface area contributed by atoms with Crippen LogP contribution in [0.1, 0.15) is 52.4 Å². The Kier molecular flexibility index (Phi) is 2.18. The first kappa shape index (κ1) is 10.1. The first-order valence-corrected chi connectivity index (χ1v) is 6.81. The SMILES string of the molecule is CCC1(C)CCC2C3CC(CC3O)C2C1. The molecule has 0 spiro atoms. The first-order valence-electron chi connectivity index (χ1n) is 6.81. The normalized spacial score (nSPS) is 58.2. The van der Waals surface area contributed by atoms with E-state index in [-0.39, 0.29) is 6.10 Å². The van der Waals surface area contributed by atoms with Crippen molar-refractivity contribution < 1.29 is 5.11 Å². The van der Waals surface area contributed by atoms with Crippen molar-refractivity contribution in [1.29, 1.82) is 0 Å². The van der Waals surface area contributed by atoms with Gasteiger partial charge in [-0.3, -0.25) is 0 Å². The van der Waals surface area contributed by atoms with Gasteiger partial charge in [-0.2, -0.15) is 0 Å². The molecule has 0 amide bonds. The third kappa shape index (κ3) is 1.39. The van der Waals surface area contributed by atoms with Gasteiger partial charge in [0, 0.05) is 0 Å². The molecule has 1 nitrogen and oxygen atoms in total. The number of hydrogen-bond acceptors (Lipinski definition) is 1. The molecule has 0 saturated heterocycles. The van der Waals surface area contributed by atoms with Crippen LogP contribution in [0.5, 0.6) is 0 Å². The summed E-state index contributed by atoms with van der Waals surface area (Å²) in [5, 5.41) is 9.95. The Morgan fingerprint density at radius 1 is 1.20 bits per heavy atom. The molecule has 2 bridgehead atoms. The van der Waals surface area contributed by atoms with Crippen LogP contribution in [0.2, 0.25) is 0 Å². The highest BCUT2D eigenvalue weighted by molar-refractivity contribution is 5.04. The largest absolute Gasteiger partial charge is 0.393 e. The van der Waals surface area contributed by atoms with Gasteiger partial charge in [0.05, 0.1) is 6.10 Å². The van der Waals surface area contributed by atoms with Gasteiger partial charge in [0.2, 0.25) is 0 Å². The van der Waals surface area contributed by atoms with Crippen LogP contribution in [0.25, 0.3) is 0 Å². The van der Waals surface area contributed by atoms with E-state index in [0.717, 1.165) is 24.2 Å². The van der Waals surface area contributed by atoms with Crippen molar-refractivity contribution in [2.45, 2.75) is 58.5 Å². The van der Waals surface area contributed by atoms with Crippen molar-refractivity contribution in [2.24, 2.45) is 29.1 Å². The van der Waals surface area contributed by atoms with E-state index in [1.54, 1.807) is 0 Å². The lowest BCUT2D eigenvalue weighted by molar-refractivity contribution is -0.00123. The van der Waals surface area contributed by atoms with Crippen LogP contribution < -0.4 is 0 Å². The molecule has 1 heteroatoms. The number of hydrogen-bond donors (Lipinski definition) is 1. The fourth-order valence-electron chi connectivity index (χ4n) is 4.82. The Hall–Kier alpha value is -0.0400. The van der Waals surface area contributed by atoms with Crippen molar-refractivity contribution >= 4 is 0 Å². The lowest BCUT2D eigenvalue weighted by Crippen LogP contribution is -2.38. The minimum Gasteiger partial charge on any atom is -0.393 e. The van der Waals surface area contributed by atoms with Crippen molar-refractivity contribution in [3.05, 3.63) is 0 Å². The molecule has 0 radical (unpaired) electrons. The molecule has 3 aliphatic carbocycles. The van der Waals surface area contributed by atoms with Crippen LogP contribution >= 0.6 is 0 Å². The zero-order valence-corrected chi connectivity index (χ0v) is 10.1. The predicted molar refractivity (Wildman–Crippen MR) is 61.4 cm³/mol. The minimum atomic E-state index is 0.0576. The van der Waals surface area contributed by atoms with Gasteiger partial charge in [0.15, 0.2) is 0 Å². The second-order valence-corrected chi connectivity index (χ2v) is 6.70. The molecule has 0 aromatic rings. The summed E-state index contributed by atoms with van der Waals surface area (Å²) in [7, 11) is 0. The molecule has 6 atom stereocenters. The van der Waals surface area contributed by atoms with Gasteiger partial charge >= 0.3 is 0 Å². The van der Waals surface area contributed by atoms with Gasteiger partial charge < -0.3 is 5.11 Å². The summed E-state index contributed by atoms with van der Waals surface area (Å²) in [5.74, 6) is 3.41. The molecule has 3 fully saturated rings. The van der Waals surface area contributed by atoms with Gasteiger partial charge in [-0.1, -0.05) is 20.3 Å². The highest BCUT2D eigenvalue weighted by Gasteiger charge is 2.54. The van der Waals surface area contributed by atoms with Crippen LogP contribution in [0.4, 0.5) is 0 Å². The van der Waals surface area contributed by atoms with Gasteiger partial charge in [0.1, 0.15) is 0 Å². The summed E-state index contributed by atoms with van der Waals surface area (Å²) in [5.41, 5.74) is 0.622. The van der Waals surface area contributed by atoms with E-state index in [2.05, 4.69) is 13.8 Å².